The number of primary amides is 1. The van der Waals surface area contributed by atoms with Gasteiger partial charge in [0.05, 0.1) is 22.8 Å². The van der Waals surface area contributed by atoms with Gasteiger partial charge in [0.1, 0.15) is 6.42 Å². The van der Waals surface area contributed by atoms with Crippen LogP contribution in [0.3, 0.4) is 0 Å². The van der Waals surface area contributed by atoms with Gasteiger partial charge in [-0.15, -0.1) is 0 Å². The summed E-state index contributed by atoms with van der Waals surface area (Å²) >= 11 is 0. The molecule has 2 aromatic carbocycles. The Morgan fingerprint density at radius 3 is 2.52 bits per heavy atom. The number of carbonyl (C=O) groups is 2. The third-order valence-corrected chi connectivity index (χ3v) is 3.69. The number of aromatic nitrogens is 1. The number of nitriles is 1. The lowest BCUT2D eigenvalue weighted by molar-refractivity contribution is -0.115. The van der Waals surface area contributed by atoms with E-state index in [2.05, 4.69) is 10.3 Å². The minimum atomic E-state index is -0.514. The minimum absolute atomic E-state index is 0.198. The fourth-order valence-corrected chi connectivity index (χ4v) is 2.53. The lowest BCUT2D eigenvalue weighted by Gasteiger charge is -2.08. The van der Waals surface area contributed by atoms with Crippen molar-refractivity contribution in [3.8, 4) is 17.3 Å². The highest BCUT2D eigenvalue weighted by molar-refractivity contribution is 6.06. The Balaban J connectivity index is 1.98. The van der Waals surface area contributed by atoms with Gasteiger partial charge in [0.2, 0.25) is 11.8 Å². The molecular weight excluding hydrogens is 316 g/mol. The van der Waals surface area contributed by atoms with E-state index in [1.807, 2.05) is 18.2 Å². The molecule has 3 rings (SSSR count). The molecule has 0 spiro atoms. The maximum absolute atomic E-state index is 11.8. The normalized spacial score (nSPS) is 10.2. The first-order valence-corrected chi connectivity index (χ1v) is 7.55. The van der Waals surface area contributed by atoms with E-state index in [0.717, 1.165) is 5.56 Å². The zero-order valence-electron chi connectivity index (χ0n) is 13.2. The van der Waals surface area contributed by atoms with Crippen LogP contribution in [0, 0.1) is 11.3 Å². The van der Waals surface area contributed by atoms with Crippen LogP contribution < -0.4 is 11.1 Å². The van der Waals surface area contributed by atoms with Gasteiger partial charge in [-0.2, -0.15) is 5.26 Å². The largest absolute Gasteiger partial charge is 0.366 e. The number of hydrogen-bond acceptors (Lipinski definition) is 4. The van der Waals surface area contributed by atoms with Crippen molar-refractivity contribution in [3.63, 3.8) is 0 Å². The lowest BCUT2D eigenvalue weighted by Crippen LogP contribution is -2.12. The molecule has 2 amide bonds. The van der Waals surface area contributed by atoms with Crippen molar-refractivity contribution in [3.05, 3.63) is 60.2 Å². The van der Waals surface area contributed by atoms with Gasteiger partial charge in [-0.05, 0) is 24.3 Å². The molecule has 0 aliphatic rings. The van der Waals surface area contributed by atoms with Crippen LogP contribution in [-0.2, 0) is 4.79 Å². The Hall–Kier alpha value is -3.72. The Labute approximate surface area is 143 Å². The second-order valence-electron chi connectivity index (χ2n) is 5.40. The van der Waals surface area contributed by atoms with E-state index in [4.69, 9.17) is 11.0 Å². The average molecular weight is 330 g/mol. The Morgan fingerprint density at radius 1 is 1.12 bits per heavy atom. The summed E-state index contributed by atoms with van der Waals surface area (Å²) in [5, 5.41) is 11.8. The molecule has 0 saturated carbocycles. The van der Waals surface area contributed by atoms with Crippen molar-refractivity contribution in [2.24, 2.45) is 5.73 Å². The van der Waals surface area contributed by atoms with Crippen LogP contribution >= 0.6 is 0 Å². The standard InChI is InChI=1S/C19H14N4O2/c20-10-9-18(24)22-13-7-5-12(6-8-13)17-11-15(19(21)25)14-3-1-2-4-16(14)23-17/h1-8,11H,9H2,(H2,21,25)(H,22,24). The van der Waals surface area contributed by atoms with Crippen molar-refractivity contribution in [1.82, 2.24) is 4.98 Å². The van der Waals surface area contributed by atoms with E-state index in [1.165, 1.54) is 0 Å². The summed E-state index contributed by atoms with van der Waals surface area (Å²) < 4.78 is 0. The zero-order valence-corrected chi connectivity index (χ0v) is 13.2. The number of nitrogens with two attached hydrogens (primary N) is 1. The summed E-state index contributed by atoms with van der Waals surface area (Å²) in [5.41, 5.74) is 8.56. The summed E-state index contributed by atoms with van der Waals surface area (Å²) in [7, 11) is 0. The van der Waals surface area contributed by atoms with Crippen molar-refractivity contribution >= 4 is 28.4 Å². The predicted molar refractivity (Wildman–Crippen MR) is 94.6 cm³/mol. The van der Waals surface area contributed by atoms with Gasteiger partial charge in [0.15, 0.2) is 0 Å². The number of amides is 2. The number of carbonyl (C=O) groups excluding carboxylic acids is 2. The average Bonchev–Trinajstić information content (AvgIpc) is 2.61. The molecule has 0 saturated heterocycles. The van der Waals surface area contributed by atoms with Crippen molar-refractivity contribution in [2.75, 3.05) is 5.32 Å². The molecule has 1 heterocycles. The lowest BCUT2D eigenvalue weighted by atomic mass is 10.0. The van der Waals surface area contributed by atoms with Crippen LogP contribution in [0.15, 0.2) is 54.6 Å². The van der Waals surface area contributed by atoms with Gasteiger partial charge in [-0.3, -0.25) is 9.59 Å². The first-order valence-electron chi connectivity index (χ1n) is 7.55. The predicted octanol–water partition coefficient (Wildman–Crippen LogP) is 2.85. The summed E-state index contributed by atoms with van der Waals surface area (Å²) in [5.74, 6) is -0.879. The fourth-order valence-electron chi connectivity index (χ4n) is 2.53. The van der Waals surface area contributed by atoms with Gasteiger partial charge in [0, 0.05) is 16.6 Å². The number of hydrogen-bond donors (Lipinski definition) is 2. The number of anilines is 1. The van der Waals surface area contributed by atoms with Crippen molar-refractivity contribution < 1.29 is 9.59 Å². The van der Waals surface area contributed by atoms with Crippen LogP contribution in [0.25, 0.3) is 22.2 Å². The fraction of sp³-hybridized carbons (Fsp3) is 0.0526. The molecule has 0 bridgehead atoms. The summed E-state index contributed by atoms with van der Waals surface area (Å²) in [6.45, 7) is 0. The summed E-state index contributed by atoms with van der Waals surface area (Å²) in [6.07, 6.45) is -0.198. The third kappa shape index (κ3) is 3.46. The molecule has 0 aliphatic heterocycles. The first kappa shape index (κ1) is 16.1. The van der Waals surface area contributed by atoms with Gasteiger partial charge >= 0.3 is 0 Å². The molecule has 6 nitrogen and oxygen atoms in total. The number of rotatable bonds is 4. The highest BCUT2D eigenvalue weighted by Gasteiger charge is 2.11. The van der Waals surface area contributed by atoms with Gasteiger partial charge in [0.25, 0.3) is 0 Å². The van der Waals surface area contributed by atoms with E-state index in [1.54, 1.807) is 42.5 Å². The quantitative estimate of drug-likeness (QED) is 0.766. The highest BCUT2D eigenvalue weighted by atomic mass is 16.1. The van der Waals surface area contributed by atoms with Crippen LogP contribution in [0.1, 0.15) is 16.8 Å². The second-order valence-corrected chi connectivity index (χ2v) is 5.40. The van der Waals surface area contributed by atoms with E-state index in [9.17, 15) is 9.59 Å². The first-order chi connectivity index (χ1) is 12.1. The molecule has 3 aromatic rings. The van der Waals surface area contributed by atoms with Crippen molar-refractivity contribution in [2.45, 2.75) is 6.42 Å². The highest BCUT2D eigenvalue weighted by Crippen LogP contribution is 2.25. The summed E-state index contributed by atoms with van der Waals surface area (Å²) in [4.78, 5) is 27.8. The van der Waals surface area contributed by atoms with Gasteiger partial charge in [-0.25, -0.2) is 4.98 Å². The Morgan fingerprint density at radius 2 is 1.84 bits per heavy atom. The number of nitrogens with one attached hydrogen (secondary N) is 1. The Bertz CT molecular complexity index is 1000. The Kier molecular flexibility index (Phi) is 4.40. The molecule has 1 aromatic heterocycles. The summed E-state index contributed by atoms with van der Waals surface area (Å²) in [6, 6.07) is 17.7. The van der Waals surface area contributed by atoms with Gasteiger partial charge in [-0.1, -0.05) is 30.3 Å². The molecule has 0 radical (unpaired) electrons. The monoisotopic (exact) mass is 330 g/mol. The SMILES string of the molecule is N#CCC(=O)Nc1ccc(-c2cc(C(N)=O)c3ccccc3n2)cc1. The molecule has 0 aliphatic carbocycles. The molecule has 0 fully saturated rings. The minimum Gasteiger partial charge on any atom is -0.366 e. The number of fused-ring (bicyclic) bond motifs is 1. The maximum atomic E-state index is 11.8. The topological polar surface area (TPSA) is 109 Å². The smallest absolute Gasteiger partial charge is 0.249 e. The maximum Gasteiger partial charge on any atom is 0.249 e. The van der Waals surface area contributed by atoms with E-state index in [0.29, 0.717) is 27.8 Å². The second kappa shape index (κ2) is 6.81. The molecule has 122 valence electrons. The third-order valence-electron chi connectivity index (χ3n) is 3.69. The molecule has 3 N–H and O–H groups in total. The molecule has 25 heavy (non-hydrogen) atoms. The number of para-hydroxylation sites is 1. The van der Waals surface area contributed by atoms with Crippen LogP contribution in [0.5, 0.6) is 0 Å². The van der Waals surface area contributed by atoms with E-state index >= 15 is 0 Å². The number of pyridine rings is 1. The number of benzene rings is 2. The van der Waals surface area contributed by atoms with Gasteiger partial charge < -0.3 is 11.1 Å². The molecule has 0 atom stereocenters. The van der Waals surface area contributed by atoms with E-state index < -0.39 is 5.91 Å². The molecule has 6 heteroatoms. The molecular formula is C19H14N4O2. The van der Waals surface area contributed by atoms with Crippen LogP contribution in [-0.4, -0.2) is 16.8 Å². The van der Waals surface area contributed by atoms with Crippen LogP contribution in [0.2, 0.25) is 0 Å². The zero-order chi connectivity index (χ0) is 17.8. The van der Waals surface area contributed by atoms with E-state index in [-0.39, 0.29) is 12.3 Å². The number of nitrogens with zero attached hydrogens (tertiary/aromatic N) is 2. The van der Waals surface area contributed by atoms with Crippen LogP contribution in [0.4, 0.5) is 5.69 Å². The van der Waals surface area contributed by atoms with Crippen molar-refractivity contribution in [1.29, 1.82) is 5.26 Å². The molecule has 0 unspecified atom stereocenters.